The molecule has 1 fully saturated rings. The van der Waals surface area contributed by atoms with E-state index in [0.29, 0.717) is 24.3 Å². The van der Waals surface area contributed by atoms with Gasteiger partial charge >= 0.3 is 10.2 Å². The van der Waals surface area contributed by atoms with E-state index >= 15 is 0 Å². The minimum atomic E-state index is -3.96. The minimum Gasteiger partial charge on any atom is -0.497 e. The van der Waals surface area contributed by atoms with Gasteiger partial charge in [0, 0.05) is 13.1 Å². The van der Waals surface area contributed by atoms with Gasteiger partial charge in [-0.1, -0.05) is 56.2 Å². The van der Waals surface area contributed by atoms with Crippen LogP contribution in [0.3, 0.4) is 0 Å². The molecule has 9 nitrogen and oxygen atoms in total. The highest BCUT2D eigenvalue weighted by molar-refractivity contribution is 7.87. The molecule has 3 rings (SSSR count). The zero-order valence-electron chi connectivity index (χ0n) is 20.3. The van der Waals surface area contributed by atoms with E-state index in [1.54, 1.807) is 43.5 Å². The summed E-state index contributed by atoms with van der Waals surface area (Å²) in [6.07, 6.45) is 3.38. The molecule has 0 spiro atoms. The number of methoxy groups -OCH3 is 1. The van der Waals surface area contributed by atoms with Crippen molar-refractivity contribution in [3.8, 4) is 5.75 Å². The number of hydrogen-bond acceptors (Lipinski definition) is 6. The molecule has 10 heteroatoms. The number of amides is 2. The van der Waals surface area contributed by atoms with Gasteiger partial charge < -0.3 is 15.8 Å². The first kappa shape index (κ1) is 26.7. The Morgan fingerprint density at radius 2 is 1.80 bits per heavy atom. The van der Waals surface area contributed by atoms with Gasteiger partial charge in [-0.05, 0) is 41.7 Å². The van der Waals surface area contributed by atoms with Crippen LogP contribution in [-0.4, -0.2) is 55.1 Å². The highest BCUT2D eigenvalue weighted by atomic mass is 32.2. The number of nitrogens with two attached hydrogens (primary N) is 1. The summed E-state index contributed by atoms with van der Waals surface area (Å²) in [7, 11) is -2.41. The van der Waals surface area contributed by atoms with Gasteiger partial charge in [-0.15, -0.1) is 0 Å². The molecule has 1 unspecified atom stereocenters. The van der Waals surface area contributed by atoms with E-state index in [0.717, 1.165) is 34.7 Å². The fourth-order valence-electron chi connectivity index (χ4n) is 3.91. The average molecular weight is 503 g/mol. The highest BCUT2D eigenvalue weighted by Gasteiger charge is 2.42. The number of benzene rings is 2. The summed E-state index contributed by atoms with van der Waals surface area (Å²) in [5.41, 5.74) is 8.31. The van der Waals surface area contributed by atoms with Crippen molar-refractivity contribution < 1.29 is 22.7 Å². The topological polar surface area (TPSA) is 122 Å². The number of nitrogens with one attached hydrogen (secondary N) is 1. The van der Waals surface area contributed by atoms with Crippen LogP contribution in [0.2, 0.25) is 0 Å². The maximum Gasteiger partial charge on any atom is 0.307 e. The molecule has 2 aromatic carbocycles. The highest BCUT2D eigenvalue weighted by Crippen LogP contribution is 2.24. The Bertz CT molecular complexity index is 1120. The van der Waals surface area contributed by atoms with Crippen molar-refractivity contribution in [2.75, 3.05) is 20.2 Å². The van der Waals surface area contributed by atoms with Gasteiger partial charge in [-0.2, -0.15) is 12.7 Å². The molecular weight excluding hydrogens is 468 g/mol. The zero-order chi connectivity index (χ0) is 25.4. The summed E-state index contributed by atoms with van der Waals surface area (Å²) in [6.45, 7) is 2.50. The molecule has 0 saturated carbocycles. The maximum absolute atomic E-state index is 13.1. The standard InChI is InChI=1S/C25H34N4O5S/c1-3-4-5-13-27-25(31)23(26)15-20-7-6-8-21(14-20)16-28-18-24(30)29(35(28,32)33)17-19-9-11-22(34-2)12-10-19/h6-12,14,23H,3-5,13,15-18,26H2,1-2H3,(H,27,31). The number of carbonyl (C=O) groups excluding carboxylic acids is 2. The molecule has 3 N–H and O–H groups in total. The lowest BCUT2D eigenvalue weighted by atomic mass is 10.0. The molecular formula is C25H34N4O5S. The average Bonchev–Trinajstić information content (AvgIpc) is 3.05. The third-order valence-electron chi connectivity index (χ3n) is 5.90. The number of unbranched alkanes of at least 4 members (excludes halogenated alkanes) is 2. The molecule has 1 saturated heterocycles. The Labute approximate surface area is 207 Å². The summed E-state index contributed by atoms with van der Waals surface area (Å²) in [4.78, 5) is 24.8. The Kier molecular flexibility index (Phi) is 9.25. The van der Waals surface area contributed by atoms with Crippen molar-refractivity contribution in [2.24, 2.45) is 5.73 Å². The summed E-state index contributed by atoms with van der Waals surface area (Å²) in [5.74, 6) is -0.0216. The van der Waals surface area contributed by atoms with Crippen LogP contribution in [0.5, 0.6) is 5.75 Å². The zero-order valence-corrected chi connectivity index (χ0v) is 21.1. The van der Waals surface area contributed by atoms with Crippen LogP contribution in [0.4, 0.5) is 0 Å². The van der Waals surface area contributed by atoms with Gasteiger partial charge in [-0.25, -0.2) is 4.31 Å². The van der Waals surface area contributed by atoms with Crippen LogP contribution >= 0.6 is 0 Å². The molecule has 1 aliphatic heterocycles. The molecule has 0 bridgehead atoms. The molecule has 2 aromatic rings. The van der Waals surface area contributed by atoms with E-state index in [1.165, 1.54) is 4.31 Å². The quantitative estimate of drug-likeness (QED) is 0.428. The van der Waals surface area contributed by atoms with E-state index in [1.807, 2.05) is 12.1 Å². The Hall–Kier alpha value is -2.95. The molecule has 1 aliphatic rings. The van der Waals surface area contributed by atoms with Crippen molar-refractivity contribution >= 4 is 22.0 Å². The van der Waals surface area contributed by atoms with E-state index < -0.39 is 22.2 Å². The van der Waals surface area contributed by atoms with E-state index in [4.69, 9.17) is 10.5 Å². The minimum absolute atomic E-state index is 0.0378. The Balaban J connectivity index is 1.62. The SMILES string of the molecule is CCCCCNC(=O)C(N)Cc1cccc(CN2CC(=O)N(Cc3ccc(OC)cc3)S2(=O)=O)c1. The van der Waals surface area contributed by atoms with Gasteiger partial charge in [-0.3, -0.25) is 9.59 Å². The normalized spacial score (nSPS) is 16.3. The number of rotatable bonds is 12. The lowest BCUT2D eigenvalue weighted by Gasteiger charge is -2.19. The summed E-state index contributed by atoms with van der Waals surface area (Å²) >= 11 is 0. The van der Waals surface area contributed by atoms with Crippen LogP contribution in [0.1, 0.15) is 42.9 Å². The van der Waals surface area contributed by atoms with Crippen LogP contribution in [0.15, 0.2) is 48.5 Å². The van der Waals surface area contributed by atoms with E-state index in [-0.39, 0.29) is 25.5 Å². The molecule has 2 amide bonds. The van der Waals surface area contributed by atoms with Crippen LogP contribution in [0, 0.1) is 0 Å². The first-order chi connectivity index (χ1) is 16.7. The van der Waals surface area contributed by atoms with Gasteiger partial charge in [0.15, 0.2) is 0 Å². The maximum atomic E-state index is 13.1. The predicted molar refractivity (Wildman–Crippen MR) is 134 cm³/mol. The van der Waals surface area contributed by atoms with Crippen molar-refractivity contribution in [1.29, 1.82) is 0 Å². The number of carbonyl (C=O) groups is 2. The number of ether oxygens (including phenoxy) is 1. The number of nitrogens with zero attached hydrogens (tertiary/aromatic N) is 2. The Morgan fingerprint density at radius 1 is 1.09 bits per heavy atom. The fraction of sp³-hybridized carbons (Fsp3) is 0.440. The summed E-state index contributed by atoms with van der Waals surface area (Å²) < 4.78 is 33.3. The smallest absolute Gasteiger partial charge is 0.307 e. The third-order valence-corrected chi connectivity index (χ3v) is 7.70. The van der Waals surface area contributed by atoms with Gasteiger partial charge in [0.2, 0.25) is 5.91 Å². The van der Waals surface area contributed by atoms with Crippen LogP contribution in [0.25, 0.3) is 0 Å². The first-order valence-corrected chi connectivity index (χ1v) is 13.2. The lowest BCUT2D eigenvalue weighted by Crippen LogP contribution is -2.42. The van der Waals surface area contributed by atoms with Crippen molar-refractivity contribution in [2.45, 2.75) is 51.7 Å². The first-order valence-electron chi connectivity index (χ1n) is 11.8. The second-order valence-electron chi connectivity index (χ2n) is 8.65. The second-order valence-corrected chi connectivity index (χ2v) is 10.5. The van der Waals surface area contributed by atoms with E-state index in [9.17, 15) is 18.0 Å². The van der Waals surface area contributed by atoms with Crippen LogP contribution < -0.4 is 15.8 Å². The van der Waals surface area contributed by atoms with Gasteiger partial charge in [0.25, 0.3) is 5.91 Å². The third kappa shape index (κ3) is 7.03. The van der Waals surface area contributed by atoms with E-state index in [2.05, 4.69) is 12.2 Å². The monoisotopic (exact) mass is 502 g/mol. The summed E-state index contributed by atoms with van der Waals surface area (Å²) in [5, 5.41) is 2.86. The number of hydrogen-bond donors (Lipinski definition) is 2. The molecule has 1 atom stereocenters. The van der Waals surface area contributed by atoms with Gasteiger partial charge in [0.05, 0.1) is 26.2 Å². The summed E-state index contributed by atoms with van der Waals surface area (Å²) in [6, 6.07) is 13.5. The predicted octanol–water partition coefficient (Wildman–Crippen LogP) is 1.96. The lowest BCUT2D eigenvalue weighted by molar-refractivity contribution is -0.125. The second kappa shape index (κ2) is 12.1. The fourth-order valence-corrected chi connectivity index (χ4v) is 5.40. The van der Waals surface area contributed by atoms with Gasteiger partial charge in [0.1, 0.15) is 5.75 Å². The molecule has 35 heavy (non-hydrogen) atoms. The molecule has 0 aromatic heterocycles. The van der Waals surface area contributed by atoms with Crippen LogP contribution in [-0.2, 0) is 39.3 Å². The molecule has 0 aliphatic carbocycles. The van der Waals surface area contributed by atoms with Crippen molar-refractivity contribution in [3.05, 3.63) is 65.2 Å². The molecule has 0 radical (unpaired) electrons. The molecule has 190 valence electrons. The Morgan fingerprint density at radius 3 is 2.49 bits per heavy atom. The van der Waals surface area contributed by atoms with Crippen molar-refractivity contribution in [1.82, 2.24) is 13.9 Å². The molecule has 1 heterocycles. The largest absolute Gasteiger partial charge is 0.497 e. The van der Waals surface area contributed by atoms with Crippen molar-refractivity contribution in [3.63, 3.8) is 0 Å².